The SMILES string of the molecule is CCOCCN(CCOCC)c1cc(Br)ccc1C(=O)O. The largest absolute Gasteiger partial charge is 0.478 e. The molecule has 21 heavy (non-hydrogen) atoms. The van der Waals surface area contributed by atoms with Gasteiger partial charge in [0.05, 0.1) is 24.5 Å². The van der Waals surface area contributed by atoms with Crippen molar-refractivity contribution in [1.82, 2.24) is 0 Å². The van der Waals surface area contributed by atoms with Crippen molar-refractivity contribution in [2.75, 3.05) is 44.4 Å². The third-order valence-electron chi connectivity index (χ3n) is 2.95. The monoisotopic (exact) mass is 359 g/mol. The molecule has 0 spiro atoms. The fourth-order valence-electron chi connectivity index (χ4n) is 1.94. The van der Waals surface area contributed by atoms with Gasteiger partial charge in [0.25, 0.3) is 0 Å². The first-order valence-corrected chi connectivity index (χ1v) is 7.82. The van der Waals surface area contributed by atoms with Gasteiger partial charge in [-0.05, 0) is 32.0 Å². The minimum atomic E-state index is -0.935. The first-order chi connectivity index (χ1) is 10.1. The summed E-state index contributed by atoms with van der Waals surface area (Å²) in [4.78, 5) is 13.4. The number of aromatic carboxylic acids is 1. The van der Waals surface area contributed by atoms with Gasteiger partial charge in [0.1, 0.15) is 0 Å². The number of rotatable bonds is 10. The van der Waals surface area contributed by atoms with Crippen molar-refractivity contribution < 1.29 is 19.4 Å². The van der Waals surface area contributed by atoms with Crippen molar-refractivity contribution in [3.8, 4) is 0 Å². The summed E-state index contributed by atoms with van der Waals surface area (Å²) < 4.78 is 11.6. The Bertz CT molecular complexity index is 443. The molecule has 5 nitrogen and oxygen atoms in total. The summed E-state index contributed by atoms with van der Waals surface area (Å²) in [6, 6.07) is 5.16. The Morgan fingerprint density at radius 3 is 2.24 bits per heavy atom. The Hall–Kier alpha value is -1.11. The van der Waals surface area contributed by atoms with Crippen molar-refractivity contribution in [3.63, 3.8) is 0 Å². The van der Waals surface area contributed by atoms with Crippen molar-refractivity contribution in [1.29, 1.82) is 0 Å². The van der Waals surface area contributed by atoms with Crippen LogP contribution in [0.1, 0.15) is 24.2 Å². The second kappa shape index (κ2) is 9.76. The first kappa shape index (κ1) is 17.9. The van der Waals surface area contributed by atoms with E-state index in [0.717, 1.165) is 4.47 Å². The molecule has 1 rings (SSSR count). The van der Waals surface area contributed by atoms with Gasteiger partial charge in [-0.1, -0.05) is 15.9 Å². The lowest BCUT2D eigenvalue weighted by molar-refractivity contribution is 0.0697. The van der Waals surface area contributed by atoms with Crippen LogP contribution in [0.5, 0.6) is 0 Å². The number of hydrogen-bond acceptors (Lipinski definition) is 4. The molecule has 1 N–H and O–H groups in total. The predicted molar refractivity (Wildman–Crippen MR) is 86.3 cm³/mol. The molecule has 0 radical (unpaired) electrons. The molecule has 0 aliphatic rings. The Morgan fingerprint density at radius 1 is 1.19 bits per heavy atom. The van der Waals surface area contributed by atoms with E-state index in [1.165, 1.54) is 0 Å². The highest BCUT2D eigenvalue weighted by atomic mass is 79.9. The minimum absolute atomic E-state index is 0.284. The van der Waals surface area contributed by atoms with Gasteiger partial charge in [-0.15, -0.1) is 0 Å². The number of carbonyl (C=O) groups is 1. The molecule has 1 aromatic rings. The zero-order chi connectivity index (χ0) is 15.7. The van der Waals surface area contributed by atoms with E-state index in [1.54, 1.807) is 12.1 Å². The zero-order valence-electron chi connectivity index (χ0n) is 12.5. The van der Waals surface area contributed by atoms with Crippen LogP contribution in [0.15, 0.2) is 22.7 Å². The fourth-order valence-corrected chi connectivity index (χ4v) is 2.29. The molecule has 1 aromatic carbocycles. The lowest BCUT2D eigenvalue weighted by Gasteiger charge is -2.26. The number of nitrogens with zero attached hydrogens (tertiary/aromatic N) is 1. The Balaban J connectivity index is 2.93. The number of benzene rings is 1. The van der Waals surface area contributed by atoms with Crippen LogP contribution in [0.2, 0.25) is 0 Å². The minimum Gasteiger partial charge on any atom is -0.478 e. The summed E-state index contributed by atoms with van der Waals surface area (Å²) in [7, 11) is 0. The summed E-state index contributed by atoms with van der Waals surface area (Å²) in [6.07, 6.45) is 0. The molecule has 0 saturated heterocycles. The molecule has 0 aliphatic carbocycles. The highest BCUT2D eigenvalue weighted by Crippen LogP contribution is 2.25. The molecule has 0 bridgehead atoms. The summed E-state index contributed by atoms with van der Waals surface area (Å²) in [5.74, 6) is -0.935. The second-order valence-electron chi connectivity index (χ2n) is 4.35. The van der Waals surface area contributed by atoms with Gasteiger partial charge in [0, 0.05) is 30.8 Å². The first-order valence-electron chi connectivity index (χ1n) is 7.03. The molecule has 0 unspecified atom stereocenters. The summed E-state index contributed by atoms with van der Waals surface area (Å²) in [5, 5.41) is 9.34. The number of hydrogen-bond donors (Lipinski definition) is 1. The van der Waals surface area contributed by atoms with Crippen LogP contribution in [0, 0.1) is 0 Å². The van der Waals surface area contributed by atoms with Gasteiger partial charge in [0.15, 0.2) is 0 Å². The van der Waals surface area contributed by atoms with Crippen molar-refractivity contribution >= 4 is 27.6 Å². The van der Waals surface area contributed by atoms with Crippen LogP contribution in [0.4, 0.5) is 5.69 Å². The fraction of sp³-hybridized carbons (Fsp3) is 0.533. The quantitative estimate of drug-likeness (QED) is 0.650. The molecular formula is C15H22BrNO4. The normalized spacial score (nSPS) is 10.6. The van der Waals surface area contributed by atoms with Gasteiger partial charge < -0.3 is 19.5 Å². The van der Waals surface area contributed by atoms with Gasteiger partial charge >= 0.3 is 5.97 Å². The zero-order valence-corrected chi connectivity index (χ0v) is 14.1. The van der Waals surface area contributed by atoms with E-state index in [0.29, 0.717) is 45.2 Å². The van der Waals surface area contributed by atoms with Crippen LogP contribution in [-0.2, 0) is 9.47 Å². The smallest absolute Gasteiger partial charge is 0.337 e. The van der Waals surface area contributed by atoms with Gasteiger partial charge in [-0.25, -0.2) is 4.79 Å². The number of halogens is 1. The van der Waals surface area contributed by atoms with Crippen molar-refractivity contribution in [3.05, 3.63) is 28.2 Å². The van der Waals surface area contributed by atoms with Crippen LogP contribution in [0.3, 0.4) is 0 Å². The lowest BCUT2D eigenvalue weighted by Crippen LogP contribution is -2.32. The van der Waals surface area contributed by atoms with E-state index >= 15 is 0 Å². The molecule has 0 fully saturated rings. The molecule has 118 valence electrons. The van der Waals surface area contributed by atoms with E-state index in [4.69, 9.17) is 9.47 Å². The molecule has 0 heterocycles. The molecule has 0 amide bonds. The number of carboxylic acids is 1. The van der Waals surface area contributed by atoms with Crippen LogP contribution in [-0.4, -0.2) is 50.6 Å². The van der Waals surface area contributed by atoms with E-state index in [-0.39, 0.29) is 5.56 Å². The van der Waals surface area contributed by atoms with E-state index in [9.17, 15) is 9.90 Å². The molecule has 6 heteroatoms. The number of anilines is 1. The van der Waals surface area contributed by atoms with Crippen molar-refractivity contribution in [2.45, 2.75) is 13.8 Å². The summed E-state index contributed by atoms with van der Waals surface area (Å²) in [5.41, 5.74) is 0.961. The number of ether oxygens (including phenoxy) is 2. The second-order valence-corrected chi connectivity index (χ2v) is 5.26. The molecular weight excluding hydrogens is 338 g/mol. The topological polar surface area (TPSA) is 59.0 Å². The van der Waals surface area contributed by atoms with E-state index in [1.807, 2.05) is 24.8 Å². The summed E-state index contributed by atoms with van der Waals surface area (Å²) in [6.45, 7) is 7.50. The van der Waals surface area contributed by atoms with Crippen molar-refractivity contribution in [2.24, 2.45) is 0 Å². The average molecular weight is 360 g/mol. The maximum absolute atomic E-state index is 11.4. The third-order valence-corrected chi connectivity index (χ3v) is 3.44. The third kappa shape index (κ3) is 6.03. The lowest BCUT2D eigenvalue weighted by atomic mass is 10.1. The van der Waals surface area contributed by atoms with E-state index < -0.39 is 5.97 Å². The maximum atomic E-state index is 11.4. The van der Waals surface area contributed by atoms with Gasteiger partial charge in [-0.3, -0.25) is 0 Å². The standard InChI is InChI=1S/C15H22BrNO4/c1-3-20-9-7-17(8-10-21-4-2)14-11-12(16)5-6-13(14)15(18)19/h5-6,11H,3-4,7-10H2,1-2H3,(H,18,19). The molecule has 0 aromatic heterocycles. The molecule has 0 saturated carbocycles. The average Bonchev–Trinajstić information content (AvgIpc) is 2.45. The predicted octanol–water partition coefficient (Wildman–Crippen LogP) is 3.03. The van der Waals surface area contributed by atoms with Crippen LogP contribution in [0.25, 0.3) is 0 Å². The van der Waals surface area contributed by atoms with Gasteiger partial charge in [0.2, 0.25) is 0 Å². The Morgan fingerprint density at radius 2 is 1.76 bits per heavy atom. The highest BCUT2D eigenvalue weighted by molar-refractivity contribution is 9.10. The Kier molecular flexibility index (Phi) is 8.34. The number of carboxylic acid groups (broad SMARTS) is 1. The highest BCUT2D eigenvalue weighted by Gasteiger charge is 2.16. The summed E-state index contributed by atoms with van der Waals surface area (Å²) >= 11 is 3.40. The van der Waals surface area contributed by atoms with Crippen LogP contribution < -0.4 is 4.90 Å². The molecule has 0 atom stereocenters. The van der Waals surface area contributed by atoms with Gasteiger partial charge in [-0.2, -0.15) is 0 Å². The Labute approximate surface area is 134 Å². The van der Waals surface area contributed by atoms with E-state index in [2.05, 4.69) is 15.9 Å². The molecule has 0 aliphatic heterocycles. The van der Waals surface area contributed by atoms with Crippen LogP contribution >= 0.6 is 15.9 Å². The maximum Gasteiger partial charge on any atom is 0.337 e.